The first kappa shape index (κ1) is 8.08. The summed E-state index contributed by atoms with van der Waals surface area (Å²) in [5.74, 6) is 0.154. The van der Waals surface area contributed by atoms with E-state index in [1.807, 2.05) is 24.3 Å². The van der Waals surface area contributed by atoms with Crippen LogP contribution in [-0.2, 0) is 6.61 Å². The zero-order valence-corrected chi connectivity index (χ0v) is 7.07. The van der Waals surface area contributed by atoms with Crippen LogP contribution in [0.15, 0.2) is 36.4 Å². The van der Waals surface area contributed by atoms with E-state index in [0.29, 0.717) is 5.56 Å². The average molecular weight is 174 g/mol. The van der Waals surface area contributed by atoms with Crippen molar-refractivity contribution in [2.75, 3.05) is 0 Å². The minimum atomic E-state index is -0.128. The smallest absolute Gasteiger partial charge is 0.121 e. The molecule has 2 N–H and O–H groups in total. The van der Waals surface area contributed by atoms with Gasteiger partial charge < -0.3 is 10.2 Å². The summed E-state index contributed by atoms with van der Waals surface area (Å²) in [5, 5.41) is 20.4. The molecule has 0 fully saturated rings. The lowest BCUT2D eigenvalue weighted by Crippen LogP contribution is -1.84. The van der Waals surface area contributed by atoms with E-state index in [1.54, 1.807) is 12.1 Å². The van der Waals surface area contributed by atoms with E-state index >= 15 is 0 Å². The van der Waals surface area contributed by atoms with Gasteiger partial charge in [-0.3, -0.25) is 0 Å². The third-order valence-corrected chi connectivity index (χ3v) is 2.12. The number of aromatic hydroxyl groups is 1. The summed E-state index contributed by atoms with van der Waals surface area (Å²) in [6, 6.07) is 11.2. The zero-order chi connectivity index (χ0) is 9.26. The molecular weight excluding hydrogens is 164 g/mol. The van der Waals surface area contributed by atoms with Crippen LogP contribution in [0.2, 0.25) is 0 Å². The van der Waals surface area contributed by atoms with Crippen LogP contribution in [0.1, 0.15) is 5.56 Å². The van der Waals surface area contributed by atoms with Gasteiger partial charge in [0.2, 0.25) is 0 Å². The van der Waals surface area contributed by atoms with Crippen molar-refractivity contribution in [2.24, 2.45) is 0 Å². The van der Waals surface area contributed by atoms with Crippen LogP contribution in [-0.4, -0.2) is 10.2 Å². The summed E-state index contributed by atoms with van der Waals surface area (Å²) in [6.45, 7) is -0.128. The minimum Gasteiger partial charge on any atom is -0.508 e. The molecule has 0 aliphatic rings. The Morgan fingerprint density at radius 2 is 1.62 bits per heavy atom. The van der Waals surface area contributed by atoms with Gasteiger partial charge in [-0.25, -0.2) is 0 Å². The number of aliphatic hydroxyl groups is 1. The van der Waals surface area contributed by atoms with Gasteiger partial charge in [0.05, 0.1) is 6.61 Å². The molecule has 2 heteroatoms. The van der Waals surface area contributed by atoms with Crippen molar-refractivity contribution >= 4 is 10.8 Å². The van der Waals surface area contributed by atoms with Gasteiger partial charge in [-0.05, 0) is 22.9 Å². The van der Waals surface area contributed by atoms with Crippen LogP contribution >= 0.6 is 0 Å². The maximum Gasteiger partial charge on any atom is 0.121 e. The molecule has 0 atom stereocenters. The molecule has 66 valence electrons. The lowest BCUT2D eigenvalue weighted by molar-refractivity contribution is 0.276. The molecule has 0 amide bonds. The molecule has 0 spiro atoms. The molecular formula is C11H10O2. The fourth-order valence-corrected chi connectivity index (χ4v) is 1.40. The van der Waals surface area contributed by atoms with Gasteiger partial charge in [0.15, 0.2) is 0 Å². The normalized spacial score (nSPS) is 10.5. The molecule has 0 bridgehead atoms. The van der Waals surface area contributed by atoms with E-state index in [9.17, 15) is 5.11 Å². The largest absolute Gasteiger partial charge is 0.508 e. The first-order chi connectivity index (χ1) is 6.31. The highest BCUT2D eigenvalue weighted by atomic mass is 16.3. The number of aliphatic hydroxyl groups excluding tert-OH is 1. The third kappa shape index (κ3) is 1.36. The second-order valence-electron chi connectivity index (χ2n) is 2.99. The van der Waals surface area contributed by atoms with Gasteiger partial charge in [0.25, 0.3) is 0 Å². The average Bonchev–Trinajstić information content (AvgIpc) is 2.17. The highest BCUT2D eigenvalue weighted by molar-refractivity contribution is 5.84. The molecule has 0 radical (unpaired) electrons. The summed E-state index contributed by atoms with van der Waals surface area (Å²) in [7, 11) is 0. The zero-order valence-electron chi connectivity index (χ0n) is 7.07. The first-order valence-electron chi connectivity index (χ1n) is 4.13. The maximum absolute atomic E-state index is 9.45. The number of phenols is 1. The minimum absolute atomic E-state index is 0.128. The highest BCUT2D eigenvalue weighted by Gasteiger charge is 2.01. The molecule has 2 rings (SSSR count). The monoisotopic (exact) mass is 174 g/mol. The van der Waals surface area contributed by atoms with Crippen LogP contribution < -0.4 is 0 Å². The summed E-state index contributed by atoms with van der Waals surface area (Å²) in [4.78, 5) is 0. The van der Waals surface area contributed by atoms with Crippen molar-refractivity contribution in [3.8, 4) is 5.75 Å². The number of hydrogen-bond acceptors (Lipinski definition) is 2. The van der Waals surface area contributed by atoms with Crippen molar-refractivity contribution in [3.05, 3.63) is 42.0 Å². The van der Waals surface area contributed by atoms with Gasteiger partial charge in [-0.15, -0.1) is 0 Å². The first-order valence-corrected chi connectivity index (χ1v) is 4.13. The lowest BCUT2D eigenvalue weighted by Gasteiger charge is -2.03. The molecule has 0 unspecified atom stereocenters. The predicted octanol–water partition coefficient (Wildman–Crippen LogP) is 2.04. The van der Waals surface area contributed by atoms with Crippen molar-refractivity contribution in [1.82, 2.24) is 0 Å². The summed E-state index contributed by atoms with van der Waals surface area (Å²) >= 11 is 0. The Morgan fingerprint density at radius 1 is 1.00 bits per heavy atom. The van der Waals surface area contributed by atoms with E-state index in [1.165, 1.54) is 0 Å². The number of benzene rings is 2. The molecule has 2 aromatic carbocycles. The molecule has 2 aromatic rings. The van der Waals surface area contributed by atoms with Crippen molar-refractivity contribution in [3.63, 3.8) is 0 Å². The van der Waals surface area contributed by atoms with Gasteiger partial charge in [0.1, 0.15) is 5.75 Å². The highest BCUT2D eigenvalue weighted by Crippen LogP contribution is 2.24. The number of fused-ring (bicyclic) bond motifs is 1. The Morgan fingerprint density at radius 3 is 2.23 bits per heavy atom. The SMILES string of the molecule is OCc1cc2ccccc2cc1O. The molecule has 0 aromatic heterocycles. The molecule has 0 saturated carbocycles. The molecule has 0 heterocycles. The van der Waals surface area contributed by atoms with Gasteiger partial charge in [-0.2, -0.15) is 0 Å². The molecule has 2 nitrogen and oxygen atoms in total. The van der Waals surface area contributed by atoms with E-state index in [4.69, 9.17) is 5.11 Å². The number of hydrogen-bond donors (Lipinski definition) is 2. The Balaban J connectivity index is 2.74. The molecule has 0 aliphatic carbocycles. The standard InChI is InChI=1S/C11H10O2/c12-7-10-5-8-3-1-2-4-9(8)6-11(10)13/h1-6,12-13H,7H2. The Hall–Kier alpha value is -1.54. The topological polar surface area (TPSA) is 40.5 Å². The van der Waals surface area contributed by atoms with E-state index < -0.39 is 0 Å². The molecule has 13 heavy (non-hydrogen) atoms. The van der Waals surface area contributed by atoms with Crippen LogP contribution in [0, 0.1) is 0 Å². The molecule has 0 aliphatic heterocycles. The second kappa shape index (κ2) is 3.07. The summed E-state index contributed by atoms with van der Waals surface area (Å²) < 4.78 is 0. The fourth-order valence-electron chi connectivity index (χ4n) is 1.40. The Bertz CT molecular complexity index is 435. The van der Waals surface area contributed by atoms with E-state index in [2.05, 4.69) is 0 Å². The quantitative estimate of drug-likeness (QED) is 0.694. The van der Waals surface area contributed by atoms with E-state index in [-0.39, 0.29) is 12.4 Å². The maximum atomic E-state index is 9.45. The Labute approximate surface area is 76.1 Å². The van der Waals surface area contributed by atoms with Crippen molar-refractivity contribution in [2.45, 2.75) is 6.61 Å². The fraction of sp³-hybridized carbons (Fsp3) is 0.0909. The van der Waals surface area contributed by atoms with Crippen LogP contribution in [0.4, 0.5) is 0 Å². The summed E-state index contributed by atoms with van der Waals surface area (Å²) in [6.07, 6.45) is 0. The van der Waals surface area contributed by atoms with Crippen LogP contribution in [0.25, 0.3) is 10.8 Å². The van der Waals surface area contributed by atoms with Crippen molar-refractivity contribution < 1.29 is 10.2 Å². The van der Waals surface area contributed by atoms with Crippen molar-refractivity contribution in [1.29, 1.82) is 0 Å². The second-order valence-corrected chi connectivity index (χ2v) is 2.99. The summed E-state index contributed by atoms with van der Waals surface area (Å²) in [5.41, 5.74) is 0.568. The van der Waals surface area contributed by atoms with Crippen LogP contribution in [0.3, 0.4) is 0 Å². The lowest BCUT2D eigenvalue weighted by atomic mass is 10.1. The van der Waals surface area contributed by atoms with E-state index in [0.717, 1.165) is 10.8 Å². The van der Waals surface area contributed by atoms with Gasteiger partial charge in [-0.1, -0.05) is 24.3 Å². The Kier molecular flexibility index (Phi) is 1.91. The number of rotatable bonds is 1. The van der Waals surface area contributed by atoms with Crippen LogP contribution in [0.5, 0.6) is 5.75 Å². The predicted molar refractivity (Wildman–Crippen MR) is 51.5 cm³/mol. The third-order valence-electron chi connectivity index (χ3n) is 2.12. The van der Waals surface area contributed by atoms with Gasteiger partial charge >= 0.3 is 0 Å². The van der Waals surface area contributed by atoms with Gasteiger partial charge in [0, 0.05) is 5.56 Å². The molecule has 0 saturated heterocycles.